The smallest absolute Gasteiger partial charge is 0.225 e. The minimum atomic E-state index is -3.19. The van der Waals surface area contributed by atoms with Gasteiger partial charge in [-0.2, -0.15) is 0 Å². The highest BCUT2D eigenvalue weighted by atomic mass is 32.2. The lowest BCUT2D eigenvalue weighted by Crippen LogP contribution is -2.51. The Labute approximate surface area is 122 Å². The van der Waals surface area contributed by atoms with E-state index >= 15 is 0 Å². The summed E-state index contributed by atoms with van der Waals surface area (Å²) in [6.45, 7) is 1.14. The van der Waals surface area contributed by atoms with Gasteiger partial charge >= 0.3 is 0 Å². The van der Waals surface area contributed by atoms with Gasteiger partial charge in [0.05, 0.1) is 6.26 Å². The first-order valence-electron chi connectivity index (χ1n) is 7.72. The van der Waals surface area contributed by atoms with Crippen molar-refractivity contribution in [1.29, 1.82) is 0 Å². The van der Waals surface area contributed by atoms with Gasteiger partial charge < -0.3 is 4.90 Å². The van der Waals surface area contributed by atoms with Crippen LogP contribution in [0, 0.1) is 5.92 Å². The Bertz CT molecular complexity index is 430. The minimum Gasteiger partial charge on any atom is -0.338 e. The van der Waals surface area contributed by atoms with E-state index in [-0.39, 0.29) is 17.9 Å². The fourth-order valence-electron chi connectivity index (χ4n) is 3.33. The van der Waals surface area contributed by atoms with Gasteiger partial charge in [0.15, 0.2) is 0 Å². The van der Waals surface area contributed by atoms with Crippen LogP contribution in [0.25, 0.3) is 0 Å². The summed E-state index contributed by atoms with van der Waals surface area (Å²) in [6, 6.07) is 0.0351. The molecule has 0 aromatic carbocycles. The first-order chi connectivity index (χ1) is 9.47. The number of hydrogen-bond acceptors (Lipinski definition) is 3. The van der Waals surface area contributed by atoms with Gasteiger partial charge in [0.2, 0.25) is 15.9 Å². The number of nitrogens with zero attached hydrogens (tertiary/aromatic N) is 1. The van der Waals surface area contributed by atoms with Crippen molar-refractivity contribution in [2.24, 2.45) is 5.92 Å². The molecule has 5 nitrogen and oxygen atoms in total. The fourth-order valence-corrected chi connectivity index (χ4v) is 3.83. The maximum absolute atomic E-state index is 12.6. The summed E-state index contributed by atoms with van der Waals surface area (Å²) >= 11 is 0. The summed E-state index contributed by atoms with van der Waals surface area (Å²) in [5.41, 5.74) is 0. The maximum atomic E-state index is 12.6. The third-order valence-electron chi connectivity index (χ3n) is 4.45. The van der Waals surface area contributed by atoms with Gasteiger partial charge in [-0.1, -0.05) is 19.3 Å². The van der Waals surface area contributed by atoms with Crippen LogP contribution in [0.2, 0.25) is 0 Å². The van der Waals surface area contributed by atoms with Crippen LogP contribution >= 0.6 is 0 Å². The Hall–Kier alpha value is -0.620. The van der Waals surface area contributed by atoms with Crippen LogP contribution in [0.5, 0.6) is 0 Å². The van der Waals surface area contributed by atoms with E-state index in [1.165, 1.54) is 12.7 Å². The van der Waals surface area contributed by atoms with Gasteiger partial charge in [-0.3, -0.25) is 4.79 Å². The topological polar surface area (TPSA) is 66.5 Å². The molecule has 0 bridgehead atoms. The van der Waals surface area contributed by atoms with Gasteiger partial charge in [-0.05, 0) is 32.1 Å². The molecule has 0 aromatic heterocycles. The van der Waals surface area contributed by atoms with Gasteiger partial charge in [0.1, 0.15) is 0 Å². The first kappa shape index (κ1) is 15.8. The fraction of sp³-hybridized carbons (Fsp3) is 0.929. The van der Waals surface area contributed by atoms with Crippen molar-refractivity contribution in [3.8, 4) is 0 Å². The molecule has 116 valence electrons. The number of rotatable bonds is 4. The molecule has 1 heterocycles. The van der Waals surface area contributed by atoms with Crippen LogP contribution in [-0.4, -0.2) is 44.6 Å². The Balaban J connectivity index is 1.96. The monoisotopic (exact) mass is 302 g/mol. The van der Waals surface area contributed by atoms with Crippen LogP contribution in [0.4, 0.5) is 0 Å². The van der Waals surface area contributed by atoms with E-state index in [1.54, 1.807) is 0 Å². The number of amides is 1. The average molecular weight is 302 g/mol. The molecule has 2 aliphatic rings. The molecule has 1 saturated heterocycles. The number of carbonyl (C=O) groups excluding carboxylic acids is 1. The van der Waals surface area contributed by atoms with E-state index < -0.39 is 10.0 Å². The number of nitrogens with one attached hydrogen (secondary N) is 1. The second kappa shape index (κ2) is 6.89. The molecule has 20 heavy (non-hydrogen) atoms. The molecular weight excluding hydrogens is 276 g/mol. The highest BCUT2D eigenvalue weighted by Crippen LogP contribution is 2.28. The summed E-state index contributed by atoms with van der Waals surface area (Å²) < 4.78 is 25.0. The third kappa shape index (κ3) is 4.45. The van der Waals surface area contributed by atoms with Gasteiger partial charge in [-0.15, -0.1) is 0 Å². The Morgan fingerprint density at radius 2 is 1.75 bits per heavy atom. The van der Waals surface area contributed by atoms with Gasteiger partial charge in [0, 0.05) is 25.0 Å². The Morgan fingerprint density at radius 3 is 2.40 bits per heavy atom. The largest absolute Gasteiger partial charge is 0.338 e. The number of piperidine rings is 1. The summed E-state index contributed by atoms with van der Waals surface area (Å²) in [5, 5.41) is 0. The summed E-state index contributed by atoms with van der Waals surface area (Å²) in [7, 11) is -3.19. The lowest BCUT2D eigenvalue weighted by atomic mass is 9.87. The van der Waals surface area contributed by atoms with Crippen LogP contribution in [-0.2, 0) is 14.8 Å². The predicted octanol–water partition coefficient (Wildman–Crippen LogP) is 1.50. The molecule has 0 radical (unpaired) electrons. The Kier molecular flexibility index (Phi) is 5.43. The molecule has 2 rings (SSSR count). The van der Waals surface area contributed by atoms with E-state index in [9.17, 15) is 13.2 Å². The highest BCUT2D eigenvalue weighted by Gasteiger charge is 2.32. The molecular formula is C14H26N2O3S. The van der Waals surface area contributed by atoms with Crippen molar-refractivity contribution in [2.45, 2.75) is 57.4 Å². The van der Waals surface area contributed by atoms with Gasteiger partial charge in [-0.25, -0.2) is 13.1 Å². The van der Waals surface area contributed by atoms with Crippen molar-refractivity contribution in [1.82, 2.24) is 9.62 Å². The van der Waals surface area contributed by atoms with E-state index in [1.807, 2.05) is 4.90 Å². The van der Waals surface area contributed by atoms with E-state index in [4.69, 9.17) is 0 Å². The zero-order valence-corrected chi connectivity index (χ0v) is 13.1. The van der Waals surface area contributed by atoms with E-state index in [2.05, 4.69) is 4.72 Å². The van der Waals surface area contributed by atoms with Gasteiger partial charge in [0.25, 0.3) is 0 Å². The summed E-state index contributed by atoms with van der Waals surface area (Å²) in [4.78, 5) is 14.6. The van der Waals surface area contributed by atoms with Crippen LogP contribution < -0.4 is 4.72 Å². The molecule has 1 amide bonds. The quantitative estimate of drug-likeness (QED) is 0.856. The van der Waals surface area contributed by atoms with Crippen molar-refractivity contribution in [2.75, 3.05) is 19.3 Å². The van der Waals surface area contributed by atoms with Crippen molar-refractivity contribution in [3.63, 3.8) is 0 Å². The Morgan fingerprint density at radius 1 is 1.10 bits per heavy atom. The molecule has 1 atom stereocenters. The zero-order valence-electron chi connectivity index (χ0n) is 12.3. The van der Waals surface area contributed by atoms with Crippen molar-refractivity contribution in [3.05, 3.63) is 0 Å². The van der Waals surface area contributed by atoms with Crippen LogP contribution in [0.3, 0.4) is 0 Å². The number of sulfonamides is 1. The summed E-state index contributed by atoms with van der Waals surface area (Å²) in [5.74, 6) is 0.423. The molecule has 6 heteroatoms. The number of carbonyl (C=O) groups is 1. The first-order valence-corrected chi connectivity index (χ1v) is 9.61. The van der Waals surface area contributed by atoms with Crippen molar-refractivity contribution >= 4 is 15.9 Å². The molecule has 0 unspecified atom stereocenters. The van der Waals surface area contributed by atoms with Crippen molar-refractivity contribution < 1.29 is 13.2 Å². The van der Waals surface area contributed by atoms with Crippen LogP contribution in [0.15, 0.2) is 0 Å². The number of likely N-dealkylation sites (tertiary alicyclic amines) is 1. The SMILES string of the molecule is CS(=O)(=O)NC[C@H]1CCCCN1C(=O)C1CCCCC1. The molecule has 1 saturated carbocycles. The molecule has 0 aromatic rings. The second-order valence-electron chi connectivity index (χ2n) is 6.14. The highest BCUT2D eigenvalue weighted by molar-refractivity contribution is 7.88. The number of hydrogen-bond donors (Lipinski definition) is 1. The lowest BCUT2D eigenvalue weighted by molar-refractivity contribution is -0.140. The van der Waals surface area contributed by atoms with Crippen LogP contribution in [0.1, 0.15) is 51.4 Å². The molecule has 1 aliphatic heterocycles. The third-order valence-corrected chi connectivity index (χ3v) is 5.14. The molecule has 2 fully saturated rings. The average Bonchev–Trinajstić information content (AvgIpc) is 2.45. The van der Waals surface area contributed by atoms with E-state index in [0.29, 0.717) is 6.54 Å². The molecule has 0 spiro atoms. The molecule has 1 aliphatic carbocycles. The maximum Gasteiger partial charge on any atom is 0.225 e. The normalized spacial score (nSPS) is 25.6. The minimum absolute atomic E-state index is 0.0351. The molecule has 1 N–H and O–H groups in total. The predicted molar refractivity (Wildman–Crippen MR) is 78.8 cm³/mol. The zero-order chi connectivity index (χ0) is 14.6. The lowest BCUT2D eigenvalue weighted by Gasteiger charge is -2.38. The second-order valence-corrected chi connectivity index (χ2v) is 7.97. The standard InChI is InChI=1S/C14H26N2O3S/c1-20(18,19)15-11-13-9-5-6-10-16(13)14(17)12-7-3-2-4-8-12/h12-13,15H,2-11H2,1H3/t13-/m1/s1. The van der Waals surface area contributed by atoms with E-state index in [0.717, 1.165) is 51.5 Å². The summed E-state index contributed by atoms with van der Waals surface area (Å²) in [6.07, 6.45) is 9.72.